The number of hydrogen-bond acceptors (Lipinski definition) is 3. The van der Waals surface area contributed by atoms with Gasteiger partial charge in [-0.3, -0.25) is 0 Å². The molecule has 0 rings (SSSR count). The lowest BCUT2D eigenvalue weighted by Crippen LogP contribution is -1.95. The number of hydrogen-bond donors (Lipinski definition) is 0. The van der Waals surface area contributed by atoms with Crippen LogP contribution in [0.3, 0.4) is 0 Å². The molecule has 54 valence electrons. The van der Waals surface area contributed by atoms with Crippen LogP contribution in [0.5, 0.6) is 0 Å². The fourth-order valence-electron chi connectivity index (χ4n) is 0.281. The number of rotatable bonds is 5. The van der Waals surface area contributed by atoms with Crippen molar-refractivity contribution in [1.29, 1.82) is 0 Å². The van der Waals surface area contributed by atoms with Gasteiger partial charge in [0.2, 0.25) is 0 Å². The van der Waals surface area contributed by atoms with Gasteiger partial charge in [-0.05, 0) is 11.1 Å². The molecule has 0 saturated carbocycles. The van der Waals surface area contributed by atoms with E-state index in [-0.39, 0.29) is 19.9 Å². The van der Waals surface area contributed by atoms with Gasteiger partial charge in [0.05, 0.1) is 6.61 Å². The van der Waals surface area contributed by atoms with Crippen LogP contribution in [0.2, 0.25) is 0 Å². The minimum atomic E-state index is -0.0164. The Bertz CT molecular complexity index is 146. The van der Waals surface area contributed by atoms with Crippen LogP contribution in [-0.4, -0.2) is 19.9 Å². The van der Waals surface area contributed by atoms with Crippen LogP contribution in [0.25, 0.3) is 20.9 Å². The molecule has 0 aromatic rings. The lowest BCUT2D eigenvalue weighted by molar-refractivity contribution is 0.149. The number of azide groups is 2. The van der Waals surface area contributed by atoms with Crippen molar-refractivity contribution >= 4 is 0 Å². The quantitative estimate of drug-likeness (QED) is 0.247. The van der Waals surface area contributed by atoms with Gasteiger partial charge in [-0.1, -0.05) is 10.2 Å². The average Bonchev–Trinajstić information content (AvgIpc) is 1.97. The summed E-state index contributed by atoms with van der Waals surface area (Å²) in [5.74, 6) is 0. The highest BCUT2D eigenvalue weighted by atomic mass is 16.5. The van der Waals surface area contributed by atoms with Crippen molar-refractivity contribution in [3.8, 4) is 0 Å². The van der Waals surface area contributed by atoms with Gasteiger partial charge in [-0.15, -0.1) is 0 Å². The lowest BCUT2D eigenvalue weighted by atomic mass is 10.7. The molecule has 0 aliphatic carbocycles. The Balaban J connectivity index is 3.04. The van der Waals surface area contributed by atoms with E-state index in [4.69, 9.17) is 15.8 Å². The molecule has 0 aliphatic heterocycles. The maximum Gasteiger partial charge on any atom is 0.125 e. The van der Waals surface area contributed by atoms with Crippen LogP contribution < -0.4 is 0 Å². The van der Waals surface area contributed by atoms with Crippen molar-refractivity contribution in [2.24, 2.45) is 10.2 Å². The highest BCUT2D eigenvalue weighted by Crippen LogP contribution is 1.78. The van der Waals surface area contributed by atoms with Crippen molar-refractivity contribution in [3.63, 3.8) is 0 Å². The van der Waals surface area contributed by atoms with Crippen LogP contribution in [-0.2, 0) is 4.74 Å². The summed E-state index contributed by atoms with van der Waals surface area (Å²) in [5.41, 5.74) is 15.6. The smallest absolute Gasteiger partial charge is 0.125 e. The SMILES string of the molecule is [N-]=[N+]=NCCOCN=[N+]=[N-]. The summed E-state index contributed by atoms with van der Waals surface area (Å²) in [6.07, 6.45) is 0. The van der Waals surface area contributed by atoms with Crippen LogP contribution in [0.1, 0.15) is 0 Å². The van der Waals surface area contributed by atoms with Crippen LogP contribution in [0.15, 0.2) is 10.2 Å². The second kappa shape index (κ2) is 7.58. The van der Waals surface area contributed by atoms with Gasteiger partial charge < -0.3 is 4.74 Å². The van der Waals surface area contributed by atoms with Crippen LogP contribution in [0.4, 0.5) is 0 Å². The second-order valence-electron chi connectivity index (χ2n) is 1.22. The summed E-state index contributed by atoms with van der Waals surface area (Å²) in [6, 6.07) is 0. The maximum absolute atomic E-state index is 7.79. The van der Waals surface area contributed by atoms with E-state index in [0.29, 0.717) is 0 Å². The Kier molecular flexibility index (Phi) is 6.50. The van der Waals surface area contributed by atoms with E-state index in [0.717, 1.165) is 0 Å². The summed E-state index contributed by atoms with van der Waals surface area (Å²) in [7, 11) is 0. The van der Waals surface area contributed by atoms with Gasteiger partial charge in [0.25, 0.3) is 0 Å². The monoisotopic (exact) mass is 142 g/mol. The second-order valence-corrected chi connectivity index (χ2v) is 1.22. The molecule has 0 saturated heterocycles. The van der Waals surface area contributed by atoms with Crippen LogP contribution >= 0.6 is 0 Å². The van der Waals surface area contributed by atoms with E-state index in [1.165, 1.54) is 0 Å². The maximum atomic E-state index is 7.79. The minimum absolute atomic E-state index is 0.0164. The molecule has 0 spiro atoms. The Morgan fingerprint density at radius 2 is 1.90 bits per heavy atom. The molecule has 0 heterocycles. The van der Waals surface area contributed by atoms with Crippen molar-refractivity contribution < 1.29 is 4.74 Å². The highest BCUT2D eigenvalue weighted by molar-refractivity contribution is 4.44. The lowest BCUT2D eigenvalue weighted by Gasteiger charge is -1.92. The molecule has 0 N–H and O–H groups in total. The normalized spacial score (nSPS) is 7.60. The van der Waals surface area contributed by atoms with Gasteiger partial charge in [-0.2, -0.15) is 0 Å². The zero-order chi connectivity index (χ0) is 7.66. The summed E-state index contributed by atoms with van der Waals surface area (Å²) in [5, 5.41) is 6.28. The van der Waals surface area contributed by atoms with Gasteiger partial charge in [0, 0.05) is 16.4 Å². The fourth-order valence-corrected chi connectivity index (χ4v) is 0.281. The third-order valence-electron chi connectivity index (χ3n) is 0.611. The van der Waals surface area contributed by atoms with E-state index < -0.39 is 0 Å². The van der Waals surface area contributed by atoms with E-state index in [9.17, 15) is 0 Å². The molecule has 0 radical (unpaired) electrons. The van der Waals surface area contributed by atoms with E-state index in [1.54, 1.807) is 0 Å². The molecule has 10 heavy (non-hydrogen) atoms. The highest BCUT2D eigenvalue weighted by Gasteiger charge is 1.80. The first-order valence-electron chi connectivity index (χ1n) is 2.51. The Morgan fingerprint density at radius 1 is 1.20 bits per heavy atom. The molecular formula is C3H6N6O. The standard InChI is InChI=1S/C3H6N6O/c4-8-6-1-2-10-3-7-9-5/h1-3H2. The topological polar surface area (TPSA) is 107 Å². The van der Waals surface area contributed by atoms with Gasteiger partial charge in [0.1, 0.15) is 6.73 Å². The molecule has 0 aromatic heterocycles. The first kappa shape index (κ1) is 8.58. The summed E-state index contributed by atoms with van der Waals surface area (Å²) in [4.78, 5) is 4.95. The van der Waals surface area contributed by atoms with Gasteiger partial charge in [0.15, 0.2) is 0 Å². The molecular weight excluding hydrogens is 136 g/mol. The molecule has 0 amide bonds. The van der Waals surface area contributed by atoms with Crippen molar-refractivity contribution in [2.75, 3.05) is 19.9 Å². The van der Waals surface area contributed by atoms with Crippen molar-refractivity contribution in [2.45, 2.75) is 0 Å². The third-order valence-corrected chi connectivity index (χ3v) is 0.611. The molecule has 7 heteroatoms. The van der Waals surface area contributed by atoms with Crippen molar-refractivity contribution in [1.82, 2.24) is 0 Å². The molecule has 0 unspecified atom stereocenters. The third kappa shape index (κ3) is 6.58. The zero-order valence-corrected chi connectivity index (χ0v) is 5.21. The summed E-state index contributed by atoms with van der Waals surface area (Å²) >= 11 is 0. The molecule has 0 bridgehead atoms. The number of nitrogens with zero attached hydrogens (tertiary/aromatic N) is 6. The molecule has 0 aromatic carbocycles. The Labute approximate surface area is 56.9 Å². The van der Waals surface area contributed by atoms with Gasteiger partial charge >= 0.3 is 0 Å². The predicted molar refractivity (Wildman–Crippen MR) is 34.0 cm³/mol. The van der Waals surface area contributed by atoms with E-state index in [2.05, 4.69) is 20.1 Å². The predicted octanol–water partition coefficient (Wildman–Crippen LogP) is 1.58. The van der Waals surface area contributed by atoms with E-state index >= 15 is 0 Å². The van der Waals surface area contributed by atoms with Crippen molar-refractivity contribution in [3.05, 3.63) is 20.9 Å². The van der Waals surface area contributed by atoms with Gasteiger partial charge in [-0.25, -0.2) is 0 Å². The number of ether oxygens (including phenoxy) is 1. The minimum Gasteiger partial charge on any atom is -0.375 e. The molecule has 7 nitrogen and oxygen atoms in total. The fraction of sp³-hybridized carbons (Fsp3) is 1.00. The summed E-state index contributed by atoms with van der Waals surface area (Å²) < 4.78 is 4.69. The Morgan fingerprint density at radius 3 is 2.50 bits per heavy atom. The first-order valence-corrected chi connectivity index (χ1v) is 2.51. The molecule has 0 aliphatic rings. The zero-order valence-electron chi connectivity index (χ0n) is 5.21. The Hall–Kier alpha value is -1.42. The molecule has 0 fully saturated rings. The summed E-state index contributed by atoms with van der Waals surface area (Å²) in [6.45, 7) is 0.526. The van der Waals surface area contributed by atoms with E-state index in [1.807, 2.05) is 0 Å². The van der Waals surface area contributed by atoms with Crippen LogP contribution in [0, 0.1) is 0 Å². The first-order chi connectivity index (χ1) is 4.91. The average molecular weight is 142 g/mol. The molecule has 0 atom stereocenters. The largest absolute Gasteiger partial charge is 0.375 e.